The van der Waals surface area contributed by atoms with Gasteiger partial charge in [0, 0.05) is 23.8 Å². The van der Waals surface area contributed by atoms with Gasteiger partial charge >= 0.3 is 0 Å². The number of pyridine rings is 1. The number of nitrogens with zero attached hydrogens (tertiary/aromatic N) is 4. The highest BCUT2D eigenvalue weighted by Crippen LogP contribution is 2.35. The number of amides is 1. The molecule has 0 saturated heterocycles. The molecule has 3 heterocycles. The van der Waals surface area contributed by atoms with Crippen molar-refractivity contribution in [3.05, 3.63) is 64.7 Å². The maximum absolute atomic E-state index is 12.6. The number of fused-ring (bicyclic) bond motifs is 1. The fourth-order valence-corrected chi connectivity index (χ4v) is 4.22. The molecule has 0 aliphatic heterocycles. The summed E-state index contributed by atoms with van der Waals surface area (Å²) in [6.07, 6.45) is 3.21. The molecule has 0 atom stereocenters. The molecule has 3 aromatic heterocycles. The first-order chi connectivity index (χ1) is 12.9. The lowest BCUT2D eigenvalue weighted by molar-refractivity contribution is 0.102. The second-order valence-corrected chi connectivity index (χ2v) is 7.55. The first kappa shape index (κ1) is 17.4. The Hall–Kier alpha value is -3.06. The quantitative estimate of drug-likeness (QED) is 0.576. The average molecular weight is 377 g/mol. The Morgan fingerprint density at radius 2 is 2.00 bits per heavy atom. The minimum atomic E-state index is -0.170. The van der Waals surface area contributed by atoms with Crippen molar-refractivity contribution in [1.82, 2.24) is 19.7 Å². The molecule has 136 valence electrons. The summed E-state index contributed by atoms with van der Waals surface area (Å²) in [7, 11) is 0. The molecule has 0 radical (unpaired) electrons. The number of carbonyl (C=O) groups excluding carboxylic acids is 1. The van der Waals surface area contributed by atoms with Crippen molar-refractivity contribution in [1.29, 1.82) is 0 Å². The largest absolute Gasteiger partial charge is 0.321 e. The number of anilines is 1. The molecule has 27 heavy (non-hydrogen) atoms. The SMILES string of the molecule is Cc1cc(C)n(-c2nc3cc(C)c(NC(=O)c4cccnc4)c(C)c3s2)n1. The molecule has 0 bridgehead atoms. The topological polar surface area (TPSA) is 72.7 Å². The number of benzene rings is 1. The van der Waals surface area contributed by atoms with E-state index >= 15 is 0 Å². The monoisotopic (exact) mass is 377 g/mol. The van der Waals surface area contributed by atoms with Crippen molar-refractivity contribution in [2.75, 3.05) is 5.32 Å². The number of thiazole rings is 1. The Morgan fingerprint density at radius 1 is 1.19 bits per heavy atom. The van der Waals surface area contributed by atoms with Crippen LogP contribution in [-0.4, -0.2) is 25.7 Å². The number of rotatable bonds is 3. The van der Waals surface area contributed by atoms with Crippen molar-refractivity contribution < 1.29 is 4.79 Å². The number of hydrogen-bond donors (Lipinski definition) is 1. The fourth-order valence-electron chi connectivity index (χ4n) is 3.16. The molecule has 4 rings (SSSR count). The highest BCUT2D eigenvalue weighted by atomic mass is 32.1. The molecule has 0 aliphatic carbocycles. The van der Waals surface area contributed by atoms with E-state index in [9.17, 15) is 4.79 Å². The molecule has 6 nitrogen and oxygen atoms in total. The van der Waals surface area contributed by atoms with Crippen LogP contribution in [0.1, 0.15) is 32.9 Å². The molecule has 0 saturated carbocycles. The molecule has 0 aliphatic rings. The average Bonchev–Trinajstić information content (AvgIpc) is 3.21. The smallest absolute Gasteiger partial charge is 0.257 e. The van der Waals surface area contributed by atoms with Gasteiger partial charge in [-0.25, -0.2) is 9.67 Å². The van der Waals surface area contributed by atoms with Gasteiger partial charge < -0.3 is 5.32 Å². The maximum Gasteiger partial charge on any atom is 0.257 e. The first-order valence-corrected chi connectivity index (χ1v) is 9.41. The molecule has 0 spiro atoms. The second-order valence-electron chi connectivity index (χ2n) is 6.57. The van der Waals surface area contributed by atoms with Gasteiger partial charge in [0.05, 0.1) is 21.5 Å². The van der Waals surface area contributed by atoms with E-state index in [1.165, 1.54) is 0 Å². The van der Waals surface area contributed by atoms with Gasteiger partial charge in [-0.2, -0.15) is 5.10 Å². The minimum absolute atomic E-state index is 0.170. The van der Waals surface area contributed by atoms with E-state index in [2.05, 4.69) is 15.4 Å². The van der Waals surface area contributed by atoms with Crippen LogP contribution in [0.4, 0.5) is 5.69 Å². The molecule has 1 N–H and O–H groups in total. The molecule has 1 amide bonds. The van der Waals surface area contributed by atoms with E-state index in [-0.39, 0.29) is 5.91 Å². The van der Waals surface area contributed by atoms with Gasteiger partial charge in [-0.3, -0.25) is 9.78 Å². The van der Waals surface area contributed by atoms with Crippen LogP contribution in [0.5, 0.6) is 0 Å². The summed E-state index contributed by atoms with van der Waals surface area (Å²) in [5.74, 6) is -0.170. The van der Waals surface area contributed by atoms with Gasteiger partial charge in [0.15, 0.2) is 0 Å². The van der Waals surface area contributed by atoms with Crippen molar-refractivity contribution in [2.24, 2.45) is 0 Å². The van der Waals surface area contributed by atoms with E-state index in [0.717, 1.165) is 43.6 Å². The van der Waals surface area contributed by atoms with Gasteiger partial charge in [0.2, 0.25) is 5.13 Å². The summed E-state index contributed by atoms with van der Waals surface area (Å²) >= 11 is 1.58. The van der Waals surface area contributed by atoms with E-state index < -0.39 is 0 Å². The molecule has 0 fully saturated rings. The van der Waals surface area contributed by atoms with E-state index in [0.29, 0.717) is 5.56 Å². The van der Waals surface area contributed by atoms with Crippen LogP contribution in [0.15, 0.2) is 36.7 Å². The fraction of sp³-hybridized carbons (Fsp3) is 0.200. The molecule has 1 aromatic carbocycles. The van der Waals surface area contributed by atoms with Gasteiger partial charge in [-0.05, 0) is 63.1 Å². The third-order valence-electron chi connectivity index (χ3n) is 4.46. The Balaban J connectivity index is 1.77. The third-order valence-corrected chi connectivity index (χ3v) is 5.62. The van der Waals surface area contributed by atoms with Gasteiger partial charge in [-0.1, -0.05) is 11.3 Å². The molecule has 0 unspecified atom stereocenters. The zero-order chi connectivity index (χ0) is 19.1. The predicted molar refractivity (Wildman–Crippen MR) is 108 cm³/mol. The van der Waals surface area contributed by atoms with Gasteiger partial charge in [-0.15, -0.1) is 0 Å². The zero-order valence-electron chi connectivity index (χ0n) is 15.6. The van der Waals surface area contributed by atoms with Crippen LogP contribution >= 0.6 is 11.3 Å². The Morgan fingerprint density at radius 3 is 2.67 bits per heavy atom. The first-order valence-electron chi connectivity index (χ1n) is 8.60. The summed E-state index contributed by atoms with van der Waals surface area (Å²) in [4.78, 5) is 21.3. The summed E-state index contributed by atoms with van der Waals surface area (Å²) in [6.45, 7) is 7.98. The predicted octanol–water partition coefficient (Wildman–Crippen LogP) is 4.36. The zero-order valence-corrected chi connectivity index (χ0v) is 16.4. The molecular formula is C20H19N5OS. The van der Waals surface area contributed by atoms with Crippen LogP contribution in [0, 0.1) is 27.7 Å². The van der Waals surface area contributed by atoms with Gasteiger partial charge in [0.25, 0.3) is 5.91 Å². The number of nitrogens with one attached hydrogen (secondary N) is 1. The molecule has 4 aromatic rings. The van der Waals surface area contributed by atoms with E-state index in [1.807, 2.05) is 44.5 Å². The van der Waals surface area contributed by atoms with Gasteiger partial charge in [0.1, 0.15) is 0 Å². The Kier molecular flexibility index (Phi) is 4.24. The minimum Gasteiger partial charge on any atom is -0.321 e. The Bertz CT molecular complexity index is 1160. The standard InChI is InChI=1S/C20H19N5OS/c1-11-8-16-18(27-20(22-16)25-13(3)9-12(2)24-25)14(4)17(11)23-19(26)15-6-5-7-21-10-15/h5-10H,1-4H3,(H,23,26). The van der Waals surface area contributed by atoms with Crippen molar-refractivity contribution in [3.8, 4) is 5.13 Å². The highest BCUT2D eigenvalue weighted by molar-refractivity contribution is 7.21. The van der Waals surface area contributed by atoms with Crippen LogP contribution in [0.3, 0.4) is 0 Å². The number of aromatic nitrogens is 4. The maximum atomic E-state index is 12.6. The van der Waals surface area contributed by atoms with Crippen LogP contribution in [-0.2, 0) is 0 Å². The summed E-state index contributed by atoms with van der Waals surface area (Å²) in [6, 6.07) is 7.54. The molecule has 7 heteroatoms. The Labute approximate surface area is 160 Å². The van der Waals surface area contributed by atoms with Crippen molar-refractivity contribution in [3.63, 3.8) is 0 Å². The lowest BCUT2D eigenvalue weighted by atomic mass is 10.1. The highest BCUT2D eigenvalue weighted by Gasteiger charge is 2.17. The van der Waals surface area contributed by atoms with E-state index in [1.54, 1.807) is 35.9 Å². The summed E-state index contributed by atoms with van der Waals surface area (Å²) in [5, 5.41) is 8.38. The summed E-state index contributed by atoms with van der Waals surface area (Å²) in [5.41, 5.74) is 6.26. The third kappa shape index (κ3) is 3.10. The number of carbonyl (C=O) groups is 1. The van der Waals surface area contributed by atoms with E-state index in [4.69, 9.17) is 4.98 Å². The van der Waals surface area contributed by atoms with Crippen molar-refractivity contribution in [2.45, 2.75) is 27.7 Å². The number of aryl methyl sites for hydroxylation is 4. The molecular weight excluding hydrogens is 358 g/mol. The lowest BCUT2D eigenvalue weighted by Gasteiger charge is -2.12. The normalized spacial score (nSPS) is 11.1. The van der Waals surface area contributed by atoms with Crippen LogP contribution in [0.2, 0.25) is 0 Å². The number of hydrogen-bond acceptors (Lipinski definition) is 5. The van der Waals surface area contributed by atoms with Crippen LogP contribution in [0.25, 0.3) is 15.3 Å². The van der Waals surface area contributed by atoms with Crippen molar-refractivity contribution >= 4 is 33.1 Å². The van der Waals surface area contributed by atoms with Crippen LogP contribution < -0.4 is 5.32 Å². The second kappa shape index (κ2) is 6.59. The lowest BCUT2D eigenvalue weighted by Crippen LogP contribution is -2.14. The summed E-state index contributed by atoms with van der Waals surface area (Å²) < 4.78 is 2.91.